The molecule has 0 radical (unpaired) electrons. The number of thioether (sulfide) groups is 1. The highest BCUT2D eigenvalue weighted by Gasteiger charge is 2.48. The van der Waals surface area contributed by atoms with E-state index in [9.17, 15) is 4.79 Å². The highest BCUT2D eigenvalue weighted by Crippen LogP contribution is 2.45. The highest BCUT2D eigenvalue weighted by molar-refractivity contribution is 7.98. The van der Waals surface area contributed by atoms with E-state index in [-0.39, 0.29) is 5.91 Å². The lowest BCUT2D eigenvalue weighted by atomic mass is 9.73. The molecule has 4 rings (SSSR count). The summed E-state index contributed by atoms with van der Waals surface area (Å²) in [5, 5.41) is 3.81. The molecule has 4 nitrogen and oxygen atoms in total. The first-order valence-electron chi connectivity index (χ1n) is 10.2. The SMILES string of the molecule is C=C(C)c1ccc2c(c1)C1(CCN(CCOc3ccc(SC)c(Cl)c3)CC1)C(=O)N2. The Kier molecular flexibility index (Phi) is 6.14. The second kappa shape index (κ2) is 8.66. The molecule has 1 amide bonds. The maximum absolute atomic E-state index is 12.9. The zero-order valence-corrected chi connectivity index (χ0v) is 19.0. The maximum Gasteiger partial charge on any atom is 0.235 e. The van der Waals surface area contributed by atoms with Crippen molar-refractivity contribution in [2.24, 2.45) is 0 Å². The van der Waals surface area contributed by atoms with Crippen LogP contribution in [0, 0.1) is 0 Å². The number of hydrogen-bond donors (Lipinski definition) is 1. The molecule has 2 heterocycles. The quantitative estimate of drug-likeness (QED) is 0.603. The van der Waals surface area contributed by atoms with Crippen LogP contribution < -0.4 is 10.1 Å². The Hall–Kier alpha value is -1.95. The van der Waals surface area contributed by atoms with E-state index in [0.29, 0.717) is 6.61 Å². The van der Waals surface area contributed by atoms with Crippen molar-refractivity contribution in [1.82, 2.24) is 4.90 Å². The minimum absolute atomic E-state index is 0.135. The minimum Gasteiger partial charge on any atom is -0.492 e. The molecule has 2 aromatic rings. The Labute approximate surface area is 187 Å². The first-order chi connectivity index (χ1) is 14.4. The lowest BCUT2D eigenvalue weighted by molar-refractivity contribution is -0.122. The minimum atomic E-state index is -0.417. The van der Waals surface area contributed by atoms with Gasteiger partial charge in [-0.2, -0.15) is 0 Å². The number of amides is 1. The molecule has 158 valence electrons. The van der Waals surface area contributed by atoms with Crippen molar-refractivity contribution in [3.63, 3.8) is 0 Å². The van der Waals surface area contributed by atoms with E-state index < -0.39 is 5.41 Å². The molecule has 2 aliphatic rings. The summed E-state index contributed by atoms with van der Waals surface area (Å²) in [6.07, 6.45) is 3.65. The molecule has 0 unspecified atom stereocenters. The Balaban J connectivity index is 1.36. The monoisotopic (exact) mass is 442 g/mol. The van der Waals surface area contributed by atoms with Gasteiger partial charge in [-0.15, -0.1) is 11.8 Å². The number of piperidine rings is 1. The zero-order chi connectivity index (χ0) is 21.3. The molecule has 0 aromatic heterocycles. The Morgan fingerprint density at radius 2 is 2.03 bits per heavy atom. The summed E-state index contributed by atoms with van der Waals surface area (Å²) in [4.78, 5) is 16.3. The number of halogens is 1. The summed E-state index contributed by atoms with van der Waals surface area (Å²) in [6, 6.07) is 12.0. The normalized spacial score (nSPS) is 17.6. The molecule has 2 aromatic carbocycles. The number of carbonyl (C=O) groups is 1. The number of rotatable bonds is 6. The van der Waals surface area contributed by atoms with Crippen molar-refractivity contribution in [3.05, 3.63) is 59.1 Å². The summed E-state index contributed by atoms with van der Waals surface area (Å²) in [6.45, 7) is 9.24. The molecule has 1 spiro atoms. The van der Waals surface area contributed by atoms with Crippen molar-refractivity contribution in [3.8, 4) is 5.75 Å². The molecule has 0 atom stereocenters. The van der Waals surface area contributed by atoms with Crippen LogP contribution in [0.5, 0.6) is 5.75 Å². The number of fused-ring (bicyclic) bond motifs is 2. The van der Waals surface area contributed by atoms with Gasteiger partial charge < -0.3 is 10.1 Å². The Morgan fingerprint density at radius 3 is 2.70 bits per heavy atom. The third kappa shape index (κ3) is 3.98. The van der Waals surface area contributed by atoms with E-state index >= 15 is 0 Å². The van der Waals surface area contributed by atoms with E-state index in [4.69, 9.17) is 16.3 Å². The molecule has 6 heteroatoms. The van der Waals surface area contributed by atoms with Crippen LogP contribution in [0.15, 0.2) is 47.9 Å². The van der Waals surface area contributed by atoms with Crippen LogP contribution in [0.1, 0.15) is 30.9 Å². The molecule has 2 aliphatic heterocycles. The molecule has 0 bridgehead atoms. The third-order valence-electron chi connectivity index (χ3n) is 6.22. The van der Waals surface area contributed by atoms with Crippen molar-refractivity contribution in [1.29, 1.82) is 0 Å². The third-order valence-corrected chi connectivity index (χ3v) is 7.44. The zero-order valence-electron chi connectivity index (χ0n) is 17.5. The number of allylic oxidation sites excluding steroid dienone is 1. The second-order valence-corrected chi connectivity index (χ2v) is 9.32. The molecular weight excluding hydrogens is 416 g/mol. The fraction of sp³-hybridized carbons (Fsp3) is 0.375. The Bertz CT molecular complexity index is 983. The molecule has 30 heavy (non-hydrogen) atoms. The smallest absolute Gasteiger partial charge is 0.235 e. The highest BCUT2D eigenvalue weighted by atomic mass is 35.5. The van der Waals surface area contributed by atoms with Crippen LogP contribution in [-0.2, 0) is 10.2 Å². The van der Waals surface area contributed by atoms with Gasteiger partial charge in [0.25, 0.3) is 0 Å². The number of ether oxygens (including phenoxy) is 1. The number of nitrogens with zero attached hydrogens (tertiary/aromatic N) is 1. The standard InChI is InChI=1S/C24H27ClN2O2S/c1-16(2)17-4-6-21-19(14-17)24(23(28)26-21)8-10-27(11-9-24)12-13-29-18-5-7-22(30-3)20(25)15-18/h4-7,14-15H,1,8-13H2,2-3H3,(H,26,28). The van der Waals surface area contributed by atoms with E-state index in [2.05, 4.69) is 22.9 Å². The summed E-state index contributed by atoms with van der Waals surface area (Å²) in [5.74, 6) is 0.929. The van der Waals surface area contributed by atoms with E-state index in [0.717, 1.165) is 70.5 Å². The predicted molar refractivity (Wildman–Crippen MR) is 126 cm³/mol. The van der Waals surface area contributed by atoms with Gasteiger partial charge in [-0.05, 0) is 80.6 Å². The van der Waals surface area contributed by atoms with Crippen molar-refractivity contribution >= 4 is 40.5 Å². The number of hydrogen-bond acceptors (Lipinski definition) is 4. The van der Waals surface area contributed by atoms with E-state index in [1.165, 1.54) is 0 Å². The van der Waals surface area contributed by atoms with Crippen LogP contribution in [-0.4, -0.2) is 43.3 Å². The average molecular weight is 443 g/mol. The number of carbonyl (C=O) groups excluding carboxylic acids is 1. The van der Waals surface area contributed by atoms with E-state index in [1.807, 2.05) is 43.5 Å². The van der Waals surface area contributed by atoms with Crippen molar-refractivity contribution in [2.45, 2.75) is 30.1 Å². The van der Waals surface area contributed by atoms with Crippen LogP contribution >= 0.6 is 23.4 Å². The van der Waals surface area contributed by atoms with Gasteiger partial charge in [0, 0.05) is 17.1 Å². The van der Waals surface area contributed by atoms with Gasteiger partial charge in [-0.25, -0.2) is 0 Å². The summed E-state index contributed by atoms with van der Waals surface area (Å²) >= 11 is 7.88. The molecular formula is C24H27ClN2O2S. The van der Waals surface area contributed by atoms with Gasteiger partial charge in [-0.1, -0.05) is 29.8 Å². The van der Waals surface area contributed by atoms with Crippen LogP contribution in [0.4, 0.5) is 5.69 Å². The van der Waals surface area contributed by atoms with Crippen molar-refractivity contribution in [2.75, 3.05) is 37.8 Å². The molecule has 0 aliphatic carbocycles. The van der Waals surface area contributed by atoms with Crippen LogP contribution in [0.2, 0.25) is 5.02 Å². The average Bonchev–Trinajstić information content (AvgIpc) is 3.00. The summed E-state index contributed by atoms with van der Waals surface area (Å²) < 4.78 is 5.90. The maximum atomic E-state index is 12.9. The molecule has 0 saturated carbocycles. The van der Waals surface area contributed by atoms with E-state index in [1.54, 1.807) is 11.8 Å². The summed E-state index contributed by atoms with van der Waals surface area (Å²) in [7, 11) is 0. The van der Waals surface area contributed by atoms with Gasteiger partial charge in [0.05, 0.1) is 10.4 Å². The van der Waals surface area contributed by atoms with Gasteiger partial charge in [0.15, 0.2) is 0 Å². The lowest BCUT2D eigenvalue weighted by Gasteiger charge is -2.38. The first kappa shape index (κ1) is 21.3. The van der Waals surface area contributed by atoms with Gasteiger partial charge in [-0.3, -0.25) is 9.69 Å². The van der Waals surface area contributed by atoms with Gasteiger partial charge in [0.1, 0.15) is 12.4 Å². The van der Waals surface area contributed by atoms with Gasteiger partial charge in [0.2, 0.25) is 5.91 Å². The fourth-order valence-corrected chi connectivity index (χ4v) is 5.22. The van der Waals surface area contributed by atoms with Gasteiger partial charge >= 0.3 is 0 Å². The second-order valence-electron chi connectivity index (χ2n) is 8.06. The number of likely N-dealkylation sites (tertiary alicyclic amines) is 1. The predicted octanol–water partition coefficient (Wildman–Crippen LogP) is 5.46. The number of nitrogens with one attached hydrogen (secondary N) is 1. The molecule has 1 saturated heterocycles. The topological polar surface area (TPSA) is 41.6 Å². The Morgan fingerprint density at radius 1 is 1.27 bits per heavy atom. The lowest BCUT2D eigenvalue weighted by Crippen LogP contribution is -2.47. The number of anilines is 1. The largest absolute Gasteiger partial charge is 0.492 e. The first-order valence-corrected chi connectivity index (χ1v) is 11.8. The van der Waals surface area contributed by atoms with Crippen molar-refractivity contribution < 1.29 is 9.53 Å². The number of benzene rings is 2. The summed E-state index contributed by atoms with van der Waals surface area (Å²) in [5.41, 5.74) is 3.79. The molecule has 1 N–H and O–H groups in total. The molecule has 1 fully saturated rings. The van der Waals surface area contributed by atoms with Crippen LogP contribution in [0.25, 0.3) is 5.57 Å². The fourth-order valence-electron chi connectivity index (χ4n) is 4.36. The van der Waals surface area contributed by atoms with Crippen LogP contribution in [0.3, 0.4) is 0 Å².